The summed E-state index contributed by atoms with van der Waals surface area (Å²) in [6.07, 6.45) is 1.11. The highest BCUT2D eigenvalue weighted by Gasteiger charge is 2.28. The molecule has 6 nitrogen and oxygen atoms in total. The van der Waals surface area contributed by atoms with Crippen molar-refractivity contribution in [3.63, 3.8) is 0 Å². The maximum Gasteiger partial charge on any atom is 0.229 e. The Hall–Kier alpha value is -1.60. The van der Waals surface area contributed by atoms with Gasteiger partial charge in [-0.3, -0.25) is 9.52 Å². The van der Waals surface area contributed by atoms with Crippen LogP contribution in [0.25, 0.3) is 0 Å². The zero-order chi connectivity index (χ0) is 15.5. The molecule has 1 atom stereocenters. The fraction of sp³-hybridized carbons (Fsp3) is 0.500. The molecule has 1 aromatic rings. The molecule has 2 rings (SSSR count). The van der Waals surface area contributed by atoms with E-state index in [9.17, 15) is 13.2 Å². The third-order valence-corrected chi connectivity index (χ3v) is 4.26. The van der Waals surface area contributed by atoms with Gasteiger partial charge >= 0.3 is 0 Å². The average molecular weight is 311 g/mol. The summed E-state index contributed by atoms with van der Waals surface area (Å²) in [7, 11) is -3.26. The third-order valence-electron chi connectivity index (χ3n) is 3.66. The van der Waals surface area contributed by atoms with Crippen LogP contribution in [0.3, 0.4) is 0 Å². The minimum absolute atomic E-state index is 0.0115. The fourth-order valence-electron chi connectivity index (χ4n) is 2.13. The summed E-state index contributed by atoms with van der Waals surface area (Å²) in [4.78, 5) is 12.0. The van der Waals surface area contributed by atoms with Crippen LogP contribution in [0.2, 0.25) is 0 Å². The lowest BCUT2D eigenvalue weighted by Crippen LogP contribution is -2.49. The summed E-state index contributed by atoms with van der Waals surface area (Å²) in [5, 5.41) is 6.07. The van der Waals surface area contributed by atoms with Crippen LogP contribution in [0.1, 0.15) is 12.5 Å². The van der Waals surface area contributed by atoms with Gasteiger partial charge in [0.15, 0.2) is 0 Å². The number of hydrogen-bond acceptors (Lipinski definition) is 4. The first-order valence-electron chi connectivity index (χ1n) is 6.90. The second-order valence-corrected chi connectivity index (χ2v) is 7.24. The molecule has 21 heavy (non-hydrogen) atoms. The first-order chi connectivity index (χ1) is 9.85. The molecule has 0 saturated carbocycles. The normalized spacial score (nSPS) is 16.9. The highest BCUT2D eigenvalue weighted by molar-refractivity contribution is 7.92. The van der Waals surface area contributed by atoms with Crippen LogP contribution < -0.4 is 15.4 Å². The van der Waals surface area contributed by atoms with Crippen molar-refractivity contribution in [1.82, 2.24) is 10.6 Å². The molecule has 0 aliphatic carbocycles. The number of amides is 1. The first-order valence-corrected chi connectivity index (χ1v) is 8.79. The molecule has 0 bridgehead atoms. The molecule has 1 aliphatic rings. The summed E-state index contributed by atoms with van der Waals surface area (Å²) in [5.41, 5.74) is 1.45. The minimum atomic E-state index is -3.26. The Morgan fingerprint density at radius 3 is 2.43 bits per heavy atom. The van der Waals surface area contributed by atoms with E-state index in [1.807, 2.05) is 6.92 Å². The lowest BCUT2D eigenvalue weighted by Gasteiger charge is -2.31. The average Bonchev–Trinajstić information content (AvgIpc) is 2.33. The van der Waals surface area contributed by atoms with E-state index in [0.717, 1.165) is 24.9 Å². The van der Waals surface area contributed by atoms with E-state index < -0.39 is 10.0 Å². The smallest absolute Gasteiger partial charge is 0.229 e. The summed E-state index contributed by atoms with van der Waals surface area (Å²) >= 11 is 0. The van der Waals surface area contributed by atoms with Gasteiger partial charge in [-0.1, -0.05) is 19.1 Å². The number of rotatable bonds is 6. The number of nitrogens with one attached hydrogen (secondary N) is 3. The van der Waals surface area contributed by atoms with Crippen molar-refractivity contribution in [2.45, 2.75) is 13.5 Å². The molecular formula is C14H21N3O3S. The molecule has 1 fully saturated rings. The lowest BCUT2D eigenvalue weighted by atomic mass is 9.88. The van der Waals surface area contributed by atoms with Crippen LogP contribution in [0.15, 0.2) is 24.3 Å². The predicted molar refractivity (Wildman–Crippen MR) is 82.3 cm³/mol. The van der Waals surface area contributed by atoms with Gasteiger partial charge in [0, 0.05) is 18.2 Å². The van der Waals surface area contributed by atoms with Gasteiger partial charge in [-0.2, -0.15) is 0 Å². The Labute approximate surface area is 125 Å². The van der Waals surface area contributed by atoms with Crippen LogP contribution >= 0.6 is 0 Å². The quantitative estimate of drug-likeness (QED) is 0.715. The summed E-state index contributed by atoms with van der Waals surface area (Å²) in [6.45, 7) is 4.20. The van der Waals surface area contributed by atoms with Crippen LogP contribution in [-0.2, 0) is 21.4 Å². The second-order valence-electron chi connectivity index (χ2n) is 5.50. The third kappa shape index (κ3) is 4.71. The van der Waals surface area contributed by atoms with Crippen LogP contribution in [0.5, 0.6) is 0 Å². The van der Waals surface area contributed by atoms with Crippen molar-refractivity contribution in [3.8, 4) is 0 Å². The molecule has 1 saturated heterocycles. The molecule has 1 aromatic carbocycles. The SMILES string of the molecule is CC(C(=O)NCc1ccc(NS(C)(=O)=O)cc1)C1CNC1. The number of carbonyl (C=O) groups is 1. The van der Waals surface area contributed by atoms with E-state index in [4.69, 9.17) is 0 Å². The molecule has 0 radical (unpaired) electrons. The van der Waals surface area contributed by atoms with Gasteiger partial charge in [0.05, 0.1) is 6.26 Å². The molecule has 7 heteroatoms. The number of hydrogen-bond donors (Lipinski definition) is 3. The number of anilines is 1. The van der Waals surface area contributed by atoms with Crippen molar-refractivity contribution >= 4 is 21.6 Å². The molecule has 3 N–H and O–H groups in total. The molecule has 1 heterocycles. The van der Waals surface area contributed by atoms with E-state index in [-0.39, 0.29) is 11.8 Å². The maximum atomic E-state index is 12.0. The molecule has 1 aliphatic heterocycles. The largest absolute Gasteiger partial charge is 0.352 e. The molecule has 0 aromatic heterocycles. The molecular weight excluding hydrogens is 290 g/mol. The van der Waals surface area contributed by atoms with E-state index in [0.29, 0.717) is 18.2 Å². The van der Waals surface area contributed by atoms with Crippen LogP contribution in [0, 0.1) is 11.8 Å². The number of carbonyl (C=O) groups excluding carboxylic acids is 1. The van der Waals surface area contributed by atoms with Gasteiger partial charge in [0.2, 0.25) is 15.9 Å². The Kier molecular flexibility index (Phi) is 4.84. The van der Waals surface area contributed by atoms with Gasteiger partial charge in [-0.25, -0.2) is 8.42 Å². The monoisotopic (exact) mass is 311 g/mol. The minimum Gasteiger partial charge on any atom is -0.352 e. The molecule has 0 spiro atoms. The Morgan fingerprint density at radius 1 is 1.33 bits per heavy atom. The van der Waals surface area contributed by atoms with E-state index in [2.05, 4.69) is 15.4 Å². The van der Waals surface area contributed by atoms with E-state index in [1.165, 1.54) is 0 Å². The van der Waals surface area contributed by atoms with E-state index in [1.54, 1.807) is 24.3 Å². The van der Waals surface area contributed by atoms with Gasteiger partial charge < -0.3 is 10.6 Å². The summed E-state index contributed by atoms with van der Waals surface area (Å²) in [5.74, 6) is 0.489. The fourth-order valence-corrected chi connectivity index (χ4v) is 2.70. The van der Waals surface area contributed by atoms with Gasteiger partial charge in [-0.05, 0) is 36.7 Å². The van der Waals surface area contributed by atoms with Crippen LogP contribution in [0.4, 0.5) is 5.69 Å². The van der Waals surface area contributed by atoms with Crippen molar-refractivity contribution in [3.05, 3.63) is 29.8 Å². The zero-order valence-corrected chi connectivity index (χ0v) is 13.0. The Morgan fingerprint density at radius 2 is 1.95 bits per heavy atom. The summed E-state index contributed by atoms with van der Waals surface area (Å²) in [6, 6.07) is 6.95. The Balaban J connectivity index is 1.84. The number of benzene rings is 1. The number of sulfonamides is 1. The van der Waals surface area contributed by atoms with Crippen molar-refractivity contribution in [2.75, 3.05) is 24.1 Å². The maximum absolute atomic E-state index is 12.0. The summed E-state index contributed by atoms with van der Waals surface area (Å²) < 4.78 is 24.6. The zero-order valence-electron chi connectivity index (χ0n) is 12.2. The first kappa shape index (κ1) is 15.8. The highest BCUT2D eigenvalue weighted by Crippen LogP contribution is 2.16. The highest BCUT2D eigenvalue weighted by atomic mass is 32.2. The van der Waals surface area contributed by atoms with Gasteiger partial charge in [-0.15, -0.1) is 0 Å². The van der Waals surface area contributed by atoms with Crippen LogP contribution in [-0.4, -0.2) is 33.7 Å². The van der Waals surface area contributed by atoms with Crippen molar-refractivity contribution in [1.29, 1.82) is 0 Å². The molecule has 116 valence electrons. The van der Waals surface area contributed by atoms with E-state index >= 15 is 0 Å². The topological polar surface area (TPSA) is 87.3 Å². The Bertz CT molecular complexity index is 594. The molecule has 1 amide bonds. The van der Waals surface area contributed by atoms with Crippen molar-refractivity contribution in [2.24, 2.45) is 11.8 Å². The molecule has 1 unspecified atom stereocenters. The van der Waals surface area contributed by atoms with Gasteiger partial charge in [0.25, 0.3) is 0 Å². The lowest BCUT2D eigenvalue weighted by molar-refractivity contribution is -0.126. The van der Waals surface area contributed by atoms with Crippen molar-refractivity contribution < 1.29 is 13.2 Å². The standard InChI is InChI=1S/C14H21N3O3S/c1-10(12-8-15-9-12)14(18)16-7-11-3-5-13(6-4-11)17-21(2,19)20/h3-6,10,12,15,17H,7-9H2,1-2H3,(H,16,18). The predicted octanol–water partition coefficient (Wildman–Crippen LogP) is 0.530. The second kappa shape index (κ2) is 6.44. The van der Waals surface area contributed by atoms with Gasteiger partial charge in [0.1, 0.15) is 0 Å².